The fourth-order valence-electron chi connectivity index (χ4n) is 3.85. The maximum atomic E-state index is 13.1. The second-order valence-electron chi connectivity index (χ2n) is 7.83. The van der Waals surface area contributed by atoms with Crippen molar-refractivity contribution < 1.29 is 18.7 Å². The number of hydrogen-bond donors (Lipinski definition) is 1. The minimum atomic E-state index is -0.267. The van der Waals surface area contributed by atoms with Crippen molar-refractivity contribution >= 4 is 11.5 Å². The third kappa shape index (κ3) is 4.50. The average Bonchev–Trinajstić information content (AvgIpc) is 3.48. The van der Waals surface area contributed by atoms with Crippen LogP contribution in [0.4, 0.5) is 4.39 Å². The molecule has 0 unspecified atom stereocenters. The van der Waals surface area contributed by atoms with Gasteiger partial charge in [0.2, 0.25) is 12.7 Å². The molecule has 3 heterocycles. The van der Waals surface area contributed by atoms with E-state index in [9.17, 15) is 9.18 Å². The highest BCUT2D eigenvalue weighted by Gasteiger charge is 2.17. The fraction of sp³-hybridized carbons (Fsp3) is 0.250. The van der Waals surface area contributed by atoms with E-state index in [1.165, 1.54) is 17.7 Å². The molecule has 0 saturated carbocycles. The summed E-state index contributed by atoms with van der Waals surface area (Å²) in [7, 11) is 0. The molecule has 5 rings (SSSR count). The van der Waals surface area contributed by atoms with Crippen molar-refractivity contribution in [3.8, 4) is 17.2 Å². The van der Waals surface area contributed by atoms with Gasteiger partial charge < -0.3 is 14.8 Å². The quantitative estimate of drug-likeness (QED) is 0.646. The molecule has 8 heteroatoms. The van der Waals surface area contributed by atoms with Crippen LogP contribution < -0.4 is 14.8 Å². The second kappa shape index (κ2) is 8.84. The standard InChI is InChI=1S/C24H23FN4O3/c25-20-2-4-21(5-3-20)29-14-19(13-27-29)18-7-9-28(10-8-18)15-24(30)26-12-17-1-6-22-23(11-17)32-16-31-22/h1-7,11,13-14H,8-10,12,15-16H2,(H,26,30). The lowest BCUT2D eigenvalue weighted by atomic mass is 10.0. The maximum Gasteiger partial charge on any atom is 0.234 e. The van der Waals surface area contributed by atoms with Crippen LogP contribution >= 0.6 is 0 Å². The van der Waals surface area contributed by atoms with E-state index >= 15 is 0 Å². The number of carbonyl (C=O) groups is 1. The van der Waals surface area contributed by atoms with Crippen LogP contribution in [0.1, 0.15) is 17.5 Å². The van der Waals surface area contributed by atoms with Crippen molar-refractivity contribution in [2.45, 2.75) is 13.0 Å². The molecular formula is C24H23FN4O3. The molecule has 3 aromatic rings. The summed E-state index contributed by atoms with van der Waals surface area (Å²) < 4.78 is 25.6. The van der Waals surface area contributed by atoms with Gasteiger partial charge in [-0.3, -0.25) is 9.69 Å². The van der Waals surface area contributed by atoms with Gasteiger partial charge in [-0.2, -0.15) is 5.10 Å². The van der Waals surface area contributed by atoms with E-state index < -0.39 is 0 Å². The van der Waals surface area contributed by atoms with E-state index in [0.29, 0.717) is 25.4 Å². The third-order valence-electron chi connectivity index (χ3n) is 5.63. The lowest BCUT2D eigenvalue weighted by Crippen LogP contribution is -2.39. The Morgan fingerprint density at radius 2 is 1.97 bits per heavy atom. The van der Waals surface area contributed by atoms with E-state index in [1.54, 1.807) is 16.8 Å². The molecule has 2 aromatic carbocycles. The normalized spacial score (nSPS) is 15.5. The maximum absolute atomic E-state index is 13.1. The number of amides is 1. The summed E-state index contributed by atoms with van der Waals surface area (Å²) in [6.07, 6.45) is 6.75. The number of hydrogen-bond acceptors (Lipinski definition) is 5. The summed E-state index contributed by atoms with van der Waals surface area (Å²) in [6.45, 7) is 2.54. The van der Waals surface area contributed by atoms with Crippen LogP contribution in [0.3, 0.4) is 0 Å². The Morgan fingerprint density at radius 1 is 1.12 bits per heavy atom. The molecule has 0 saturated heterocycles. The summed E-state index contributed by atoms with van der Waals surface area (Å²) in [6, 6.07) is 11.9. The molecule has 1 amide bonds. The van der Waals surface area contributed by atoms with Gasteiger partial charge >= 0.3 is 0 Å². The number of aromatic nitrogens is 2. The van der Waals surface area contributed by atoms with E-state index in [-0.39, 0.29) is 18.5 Å². The van der Waals surface area contributed by atoms with Gasteiger partial charge in [0, 0.05) is 31.4 Å². The van der Waals surface area contributed by atoms with Gasteiger partial charge in [0.1, 0.15) is 5.82 Å². The SMILES string of the molecule is O=C(CN1CC=C(c2cnn(-c3ccc(F)cc3)c2)CC1)NCc1ccc2c(c1)OCO2. The fourth-order valence-corrected chi connectivity index (χ4v) is 3.85. The summed E-state index contributed by atoms with van der Waals surface area (Å²) in [4.78, 5) is 14.5. The van der Waals surface area contributed by atoms with Crippen LogP contribution in [-0.2, 0) is 11.3 Å². The van der Waals surface area contributed by atoms with Crippen molar-refractivity contribution in [2.75, 3.05) is 26.4 Å². The first-order chi connectivity index (χ1) is 15.6. The topological polar surface area (TPSA) is 68.6 Å². The highest BCUT2D eigenvalue weighted by molar-refractivity contribution is 5.78. The number of halogens is 1. The Hall–Kier alpha value is -3.65. The highest BCUT2D eigenvalue weighted by Crippen LogP contribution is 2.32. The molecule has 0 atom stereocenters. The third-order valence-corrected chi connectivity index (χ3v) is 5.63. The lowest BCUT2D eigenvalue weighted by Gasteiger charge is -2.25. The Balaban J connectivity index is 1.13. The molecule has 7 nitrogen and oxygen atoms in total. The van der Waals surface area contributed by atoms with Gasteiger partial charge in [-0.25, -0.2) is 9.07 Å². The minimum Gasteiger partial charge on any atom is -0.454 e. The smallest absolute Gasteiger partial charge is 0.234 e. The van der Waals surface area contributed by atoms with E-state index in [1.807, 2.05) is 30.6 Å². The minimum absolute atomic E-state index is 0.0105. The van der Waals surface area contributed by atoms with Crippen molar-refractivity contribution in [3.05, 3.63) is 77.9 Å². The molecule has 0 radical (unpaired) electrons. The zero-order valence-electron chi connectivity index (χ0n) is 17.5. The molecule has 2 aliphatic rings. The molecule has 0 bridgehead atoms. The highest BCUT2D eigenvalue weighted by atomic mass is 19.1. The molecule has 0 spiro atoms. The average molecular weight is 434 g/mol. The van der Waals surface area contributed by atoms with Crippen LogP contribution in [0, 0.1) is 5.82 Å². The first kappa shape index (κ1) is 20.3. The van der Waals surface area contributed by atoms with Gasteiger partial charge in [-0.15, -0.1) is 0 Å². The first-order valence-electron chi connectivity index (χ1n) is 10.5. The van der Waals surface area contributed by atoms with Gasteiger partial charge in [-0.1, -0.05) is 12.1 Å². The first-order valence-corrected chi connectivity index (χ1v) is 10.5. The lowest BCUT2D eigenvalue weighted by molar-refractivity contribution is -0.122. The van der Waals surface area contributed by atoms with Gasteiger partial charge in [0.25, 0.3) is 0 Å². The van der Waals surface area contributed by atoms with Gasteiger partial charge in [0.05, 0.1) is 18.4 Å². The Bertz CT molecular complexity index is 1160. The van der Waals surface area contributed by atoms with Crippen molar-refractivity contribution in [3.63, 3.8) is 0 Å². The molecule has 0 fully saturated rings. The van der Waals surface area contributed by atoms with E-state index in [0.717, 1.165) is 35.5 Å². The van der Waals surface area contributed by atoms with Crippen LogP contribution in [0.5, 0.6) is 11.5 Å². The van der Waals surface area contributed by atoms with Crippen molar-refractivity contribution in [1.29, 1.82) is 0 Å². The van der Waals surface area contributed by atoms with Crippen molar-refractivity contribution in [1.82, 2.24) is 20.0 Å². The number of fused-ring (bicyclic) bond motifs is 1. The monoisotopic (exact) mass is 434 g/mol. The zero-order chi connectivity index (χ0) is 21.9. The molecular weight excluding hydrogens is 411 g/mol. The number of nitrogens with one attached hydrogen (secondary N) is 1. The number of ether oxygens (including phenoxy) is 2. The molecule has 2 aliphatic heterocycles. The molecule has 0 aliphatic carbocycles. The van der Waals surface area contributed by atoms with Crippen LogP contribution in [0.25, 0.3) is 11.3 Å². The number of benzene rings is 2. The van der Waals surface area contributed by atoms with Crippen LogP contribution in [0.2, 0.25) is 0 Å². The van der Waals surface area contributed by atoms with Crippen LogP contribution in [0.15, 0.2) is 60.9 Å². The largest absolute Gasteiger partial charge is 0.454 e. The van der Waals surface area contributed by atoms with Gasteiger partial charge in [0.15, 0.2) is 11.5 Å². The predicted octanol–water partition coefficient (Wildman–Crippen LogP) is 3.15. The molecule has 1 N–H and O–H groups in total. The van der Waals surface area contributed by atoms with E-state index in [4.69, 9.17) is 9.47 Å². The van der Waals surface area contributed by atoms with Gasteiger partial charge in [-0.05, 0) is 54.0 Å². The van der Waals surface area contributed by atoms with Crippen molar-refractivity contribution in [2.24, 2.45) is 0 Å². The summed E-state index contributed by atoms with van der Waals surface area (Å²) in [5.74, 6) is 1.17. The summed E-state index contributed by atoms with van der Waals surface area (Å²) in [5, 5.41) is 7.36. The Kier molecular flexibility index (Phi) is 5.60. The second-order valence-corrected chi connectivity index (χ2v) is 7.83. The van der Waals surface area contributed by atoms with E-state index in [2.05, 4.69) is 21.4 Å². The number of rotatable bonds is 6. The zero-order valence-corrected chi connectivity index (χ0v) is 17.5. The predicted molar refractivity (Wildman–Crippen MR) is 117 cm³/mol. The number of carbonyl (C=O) groups excluding carboxylic acids is 1. The molecule has 1 aromatic heterocycles. The summed E-state index contributed by atoms with van der Waals surface area (Å²) >= 11 is 0. The Labute approximate surface area is 185 Å². The summed E-state index contributed by atoms with van der Waals surface area (Å²) in [5.41, 5.74) is 4.04. The van der Waals surface area contributed by atoms with Crippen LogP contribution in [-0.4, -0.2) is 47.0 Å². The number of nitrogens with zero attached hydrogens (tertiary/aromatic N) is 3. The molecule has 32 heavy (non-hydrogen) atoms. The Morgan fingerprint density at radius 3 is 2.78 bits per heavy atom. The molecule has 164 valence electrons.